The Labute approximate surface area is 184 Å². The lowest BCUT2D eigenvalue weighted by molar-refractivity contribution is 0.672. The molecule has 0 radical (unpaired) electrons. The van der Waals surface area contributed by atoms with Crippen LogP contribution in [0.15, 0.2) is 91.4 Å². The molecule has 0 saturated carbocycles. The number of aromatic amines is 1. The summed E-state index contributed by atoms with van der Waals surface area (Å²) in [5, 5.41) is 3.52. The van der Waals surface area contributed by atoms with E-state index in [2.05, 4.69) is 93.1 Å². The molecular formula is C27H30N4. The molecule has 0 aliphatic heterocycles. The van der Waals surface area contributed by atoms with Gasteiger partial charge in [-0.25, -0.2) is 4.98 Å². The average molecular weight is 411 g/mol. The number of nitrogens with zero attached hydrogens (tertiary/aromatic N) is 2. The molecule has 158 valence electrons. The summed E-state index contributed by atoms with van der Waals surface area (Å²) in [4.78, 5) is 12.2. The van der Waals surface area contributed by atoms with E-state index in [9.17, 15) is 0 Å². The van der Waals surface area contributed by atoms with Gasteiger partial charge in [0.2, 0.25) is 0 Å². The predicted molar refractivity (Wildman–Crippen MR) is 126 cm³/mol. The molecule has 0 aliphatic carbocycles. The zero-order chi connectivity index (χ0) is 21.1. The van der Waals surface area contributed by atoms with Gasteiger partial charge in [0.05, 0.1) is 0 Å². The van der Waals surface area contributed by atoms with Crippen LogP contribution >= 0.6 is 0 Å². The number of benzene rings is 2. The van der Waals surface area contributed by atoms with E-state index in [1.54, 1.807) is 0 Å². The van der Waals surface area contributed by atoms with Gasteiger partial charge in [-0.2, -0.15) is 0 Å². The van der Waals surface area contributed by atoms with Gasteiger partial charge in [-0.05, 0) is 48.2 Å². The van der Waals surface area contributed by atoms with Gasteiger partial charge in [0, 0.05) is 49.6 Å². The summed E-state index contributed by atoms with van der Waals surface area (Å²) >= 11 is 0. The summed E-state index contributed by atoms with van der Waals surface area (Å²) in [6, 6.07) is 25.7. The third-order valence-corrected chi connectivity index (χ3v) is 5.67. The Morgan fingerprint density at radius 1 is 0.742 bits per heavy atom. The van der Waals surface area contributed by atoms with Gasteiger partial charge < -0.3 is 10.3 Å². The maximum atomic E-state index is 4.63. The van der Waals surface area contributed by atoms with E-state index >= 15 is 0 Å². The minimum atomic E-state index is 0.380. The first kappa shape index (κ1) is 21.0. The van der Waals surface area contributed by atoms with Crippen molar-refractivity contribution in [3.8, 4) is 0 Å². The first-order valence-corrected chi connectivity index (χ1v) is 11.1. The maximum Gasteiger partial charge on any atom is 0.106 e. The van der Waals surface area contributed by atoms with Crippen LogP contribution in [-0.4, -0.2) is 28.0 Å². The van der Waals surface area contributed by atoms with Gasteiger partial charge >= 0.3 is 0 Å². The van der Waals surface area contributed by atoms with Crippen LogP contribution < -0.4 is 5.32 Å². The van der Waals surface area contributed by atoms with E-state index in [0.717, 1.165) is 44.6 Å². The van der Waals surface area contributed by atoms with Crippen LogP contribution in [0.4, 0.5) is 0 Å². The number of hydrogen-bond acceptors (Lipinski definition) is 3. The van der Waals surface area contributed by atoms with Crippen molar-refractivity contribution >= 4 is 0 Å². The second-order valence-corrected chi connectivity index (χ2v) is 7.87. The lowest BCUT2D eigenvalue weighted by Crippen LogP contribution is -2.20. The van der Waals surface area contributed by atoms with Crippen LogP contribution in [0.2, 0.25) is 0 Å². The second kappa shape index (κ2) is 11.2. The second-order valence-electron chi connectivity index (χ2n) is 7.87. The molecule has 0 atom stereocenters. The van der Waals surface area contributed by atoms with Crippen LogP contribution in [0.25, 0.3) is 0 Å². The Balaban J connectivity index is 1.26. The van der Waals surface area contributed by atoms with Crippen molar-refractivity contribution in [2.75, 3.05) is 13.1 Å². The first-order valence-electron chi connectivity index (χ1n) is 11.1. The Morgan fingerprint density at radius 3 is 2.06 bits per heavy atom. The van der Waals surface area contributed by atoms with Crippen molar-refractivity contribution in [2.24, 2.45) is 0 Å². The van der Waals surface area contributed by atoms with E-state index < -0.39 is 0 Å². The molecule has 2 N–H and O–H groups in total. The third kappa shape index (κ3) is 6.37. The molecule has 2 aromatic carbocycles. The van der Waals surface area contributed by atoms with Gasteiger partial charge in [0.15, 0.2) is 0 Å². The van der Waals surface area contributed by atoms with Crippen LogP contribution in [0.5, 0.6) is 0 Å². The Morgan fingerprint density at radius 2 is 1.39 bits per heavy atom. The van der Waals surface area contributed by atoms with Crippen molar-refractivity contribution in [3.63, 3.8) is 0 Å². The van der Waals surface area contributed by atoms with Gasteiger partial charge in [-0.3, -0.25) is 4.98 Å². The molecule has 0 amide bonds. The fourth-order valence-electron chi connectivity index (χ4n) is 3.97. The lowest BCUT2D eigenvalue weighted by Gasteiger charge is -2.17. The van der Waals surface area contributed by atoms with Crippen molar-refractivity contribution in [3.05, 3.63) is 120 Å². The van der Waals surface area contributed by atoms with Crippen LogP contribution in [0.3, 0.4) is 0 Å². The number of nitrogens with one attached hydrogen (secondary N) is 2. The van der Waals surface area contributed by atoms with Gasteiger partial charge in [0.1, 0.15) is 5.82 Å². The van der Waals surface area contributed by atoms with E-state index in [1.165, 1.54) is 22.4 Å². The highest BCUT2D eigenvalue weighted by atomic mass is 14.9. The molecule has 0 fully saturated rings. The smallest absolute Gasteiger partial charge is 0.106 e. The largest absolute Gasteiger partial charge is 0.346 e. The topological polar surface area (TPSA) is 53.6 Å². The zero-order valence-electron chi connectivity index (χ0n) is 17.9. The summed E-state index contributed by atoms with van der Waals surface area (Å²) in [6.45, 7) is 1.92. The minimum absolute atomic E-state index is 0.380. The molecule has 0 spiro atoms. The minimum Gasteiger partial charge on any atom is -0.346 e. The fraction of sp³-hybridized carbons (Fsp3) is 0.259. The number of H-pyrrole nitrogens is 1. The quantitative estimate of drug-likeness (QED) is 0.344. The Bertz CT molecular complexity index is 973. The number of hydrogen-bond donors (Lipinski definition) is 2. The number of pyridine rings is 1. The molecular weight excluding hydrogens is 380 g/mol. The molecule has 4 rings (SSSR count). The van der Waals surface area contributed by atoms with Gasteiger partial charge in [0.25, 0.3) is 0 Å². The molecule has 0 aliphatic rings. The summed E-state index contributed by atoms with van der Waals surface area (Å²) in [5.74, 6) is 1.45. The highest BCUT2D eigenvalue weighted by molar-refractivity contribution is 5.32. The lowest BCUT2D eigenvalue weighted by atomic mass is 9.87. The summed E-state index contributed by atoms with van der Waals surface area (Å²) in [6.07, 6.45) is 9.64. The first-order chi connectivity index (χ1) is 15.4. The summed E-state index contributed by atoms with van der Waals surface area (Å²) in [5.41, 5.74) is 5.23. The molecule has 31 heavy (non-hydrogen) atoms. The van der Waals surface area contributed by atoms with Crippen molar-refractivity contribution in [2.45, 2.75) is 31.6 Å². The highest BCUT2D eigenvalue weighted by Gasteiger charge is 2.14. The maximum absolute atomic E-state index is 4.63. The Hall–Kier alpha value is -3.24. The molecule has 0 bridgehead atoms. The number of rotatable bonds is 11. The SMILES string of the molecule is c1ccc(C(CCc2ncc(CCNCCc3ccncc3)[nH]2)c2ccccc2)cc1. The van der Waals surface area contributed by atoms with Crippen LogP contribution in [0, 0.1) is 0 Å². The number of aromatic nitrogens is 3. The highest BCUT2D eigenvalue weighted by Crippen LogP contribution is 2.28. The number of imidazole rings is 1. The van der Waals surface area contributed by atoms with Crippen molar-refractivity contribution < 1.29 is 0 Å². The van der Waals surface area contributed by atoms with E-state index in [4.69, 9.17) is 0 Å². The molecule has 4 aromatic rings. The van der Waals surface area contributed by atoms with Gasteiger partial charge in [-0.15, -0.1) is 0 Å². The molecule has 4 heteroatoms. The molecule has 0 unspecified atom stereocenters. The van der Waals surface area contributed by atoms with E-state index in [0.29, 0.717) is 5.92 Å². The van der Waals surface area contributed by atoms with Crippen LogP contribution in [-0.2, 0) is 19.3 Å². The number of aryl methyl sites for hydroxylation is 1. The molecule has 2 heterocycles. The zero-order valence-corrected chi connectivity index (χ0v) is 17.9. The molecule has 2 aromatic heterocycles. The van der Waals surface area contributed by atoms with E-state index in [-0.39, 0.29) is 0 Å². The van der Waals surface area contributed by atoms with Gasteiger partial charge in [-0.1, -0.05) is 60.7 Å². The Kier molecular flexibility index (Phi) is 7.61. The van der Waals surface area contributed by atoms with Crippen molar-refractivity contribution in [1.82, 2.24) is 20.3 Å². The van der Waals surface area contributed by atoms with Crippen LogP contribution in [0.1, 0.15) is 40.5 Å². The monoisotopic (exact) mass is 410 g/mol. The summed E-state index contributed by atoms with van der Waals surface area (Å²) in [7, 11) is 0. The third-order valence-electron chi connectivity index (χ3n) is 5.67. The molecule has 4 nitrogen and oxygen atoms in total. The average Bonchev–Trinajstić information content (AvgIpc) is 3.29. The fourth-order valence-corrected chi connectivity index (χ4v) is 3.97. The van der Waals surface area contributed by atoms with Crippen molar-refractivity contribution in [1.29, 1.82) is 0 Å². The standard InChI is InChI=1S/C27H30N4/c1-3-7-23(8-4-1)26(24-9-5-2-6-10-24)11-12-27-30-21-25(31-27)16-20-29-19-15-22-13-17-28-18-14-22/h1-10,13-14,17-18,21,26,29H,11-12,15-16,19-20H2,(H,30,31). The normalized spacial score (nSPS) is 11.1. The summed E-state index contributed by atoms with van der Waals surface area (Å²) < 4.78 is 0. The molecule has 0 saturated heterocycles. The van der Waals surface area contributed by atoms with E-state index in [1.807, 2.05) is 18.6 Å². The predicted octanol–water partition coefficient (Wildman–Crippen LogP) is 4.94.